The van der Waals surface area contributed by atoms with Crippen molar-refractivity contribution in [2.24, 2.45) is 0 Å². The van der Waals surface area contributed by atoms with Crippen molar-refractivity contribution in [2.75, 3.05) is 11.9 Å². The number of nitrogens with zero attached hydrogens (tertiary/aromatic N) is 1. The number of anilines is 1. The molecule has 0 spiro atoms. The van der Waals surface area contributed by atoms with Gasteiger partial charge in [-0.15, -0.1) is 11.3 Å². The highest BCUT2D eigenvalue weighted by molar-refractivity contribution is 7.16. The average molecular weight is 255 g/mol. The van der Waals surface area contributed by atoms with Crippen LogP contribution in [0.5, 0.6) is 0 Å². The fraction of sp³-hybridized carbons (Fsp3) is 0.417. The number of thiazole rings is 1. The Hall–Kier alpha value is -0.800. The van der Waals surface area contributed by atoms with Crippen LogP contribution >= 0.6 is 22.9 Å². The quantitative estimate of drug-likeness (QED) is 0.792. The van der Waals surface area contributed by atoms with Crippen LogP contribution in [-0.4, -0.2) is 11.5 Å². The lowest BCUT2D eigenvalue weighted by Crippen LogP contribution is -2.02. The van der Waals surface area contributed by atoms with Crippen molar-refractivity contribution in [2.45, 2.75) is 26.2 Å². The Morgan fingerprint density at radius 1 is 1.38 bits per heavy atom. The predicted octanol–water partition coefficient (Wildman–Crippen LogP) is 4.55. The first kappa shape index (κ1) is 11.7. The second kappa shape index (κ2) is 5.51. The van der Waals surface area contributed by atoms with Gasteiger partial charge in [0.25, 0.3) is 0 Å². The summed E-state index contributed by atoms with van der Waals surface area (Å²) >= 11 is 7.82. The Bertz CT molecular complexity index is 467. The maximum Gasteiger partial charge on any atom is 0.106 e. The molecule has 4 heteroatoms. The van der Waals surface area contributed by atoms with Gasteiger partial charge in [0.15, 0.2) is 0 Å². The molecule has 1 N–H and O–H groups in total. The number of hydrogen-bond donors (Lipinski definition) is 1. The second-order valence-electron chi connectivity index (χ2n) is 3.76. The minimum absolute atomic E-state index is 0.759. The largest absolute Gasteiger partial charge is 0.382 e. The van der Waals surface area contributed by atoms with E-state index in [2.05, 4.69) is 17.2 Å². The first-order valence-corrected chi connectivity index (χ1v) is 6.84. The molecule has 2 nitrogen and oxygen atoms in total. The van der Waals surface area contributed by atoms with Crippen LogP contribution in [0.15, 0.2) is 17.6 Å². The molecule has 0 atom stereocenters. The Balaban J connectivity index is 2.15. The molecule has 2 rings (SSSR count). The molecule has 0 bridgehead atoms. The van der Waals surface area contributed by atoms with E-state index in [0.717, 1.165) is 22.8 Å². The zero-order valence-electron chi connectivity index (χ0n) is 9.29. The van der Waals surface area contributed by atoms with E-state index < -0.39 is 0 Å². The lowest BCUT2D eigenvalue weighted by molar-refractivity contribution is 0.744. The van der Waals surface area contributed by atoms with Gasteiger partial charge in [-0.3, -0.25) is 0 Å². The van der Waals surface area contributed by atoms with E-state index in [9.17, 15) is 0 Å². The zero-order valence-corrected chi connectivity index (χ0v) is 10.9. The highest BCUT2D eigenvalue weighted by atomic mass is 35.5. The van der Waals surface area contributed by atoms with Gasteiger partial charge < -0.3 is 5.32 Å². The van der Waals surface area contributed by atoms with Crippen LogP contribution in [0, 0.1) is 0 Å². The van der Waals surface area contributed by atoms with Crippen LogP contribution in [0.4, 0.5) is 5.69 Å². The van der Waals surface area contributed by atoms with Gasteiger partial charge >= 0.3 is 0 Å². The minimum atomic E-state index is 0.759. The molecule has 0 aliphatic rings. The SMILES string of the molecule is CCCCCNc1c(Cl)ccc2scnc12. The number of hydrogen-bond acceptors (Lipinski definition) is 3. The van der Waals surface area contributed by atoms with Crippen LogP contribution < -0.4 is 5.32 Å². The molecule has 0 unspecified atom stereocenters. The molecule has 2 aromatic rings. The summed E-state index contributed by atoms with van der Waals surface area (Å²) in [6, 6.07) is 3.96. The van der Waals surface area contributed by atoms with Crippen LogP contribution in [0.2, 0.25) is 5.02 Å². The summed E-state index contributed by atoms with van der Waals surface area (Å²) < 4.78 is 1.18. The third kappa shape index (κ3) is 2.47. The maximum atomic E-state index is 6.18. The Morgan fingerprint density at radius 2 is 2.25 bits per heavy atom. The number of unbranched alkanes of at least 4 members (excludes halogenated alkanes) is 2. The summed E-state index contributed by atoms with van der Waals surface area (Å²) in [5.74, 6) is 0. The summed E-state index contributed by atoms with van der Waals surface area (Å²) in [6.07, 6.45) is 3.65. The van der Waals surface area contributed by atoms with Gasteiger partial charge in [-0.25, -0.2) is 4.98 Å². The van der Waals surface area contributed by atoms with Crippen molar-refractivity contribution in [3.05, 3.63) is 22.7 Å². The van der Waals surface area contributed by atoms with Gasteiger partial charge in [-0.05, 0) is 18.6 Å². The van der Waals surface area contributed by atoms with E-state index in [1.807, 2.05) is 17.6 Å². The van der Waals surface area contributed by atoms with E-state index in [0.29, 0.717) is 0 Å². The van der Waals surface area contributed by atoms with Crippen LogP contribution in [0.3, 0.4) is 0 Å². The smallest absolute Gasteiger partial charge is 0.106 e. The molecule has 1 aromatic carbocycles. The molecule has 1 heterocycles. The second-order valence-corrected chi connectivity index (χ2v) is 5.05. The highest BCUT2D eigenvalue weighted by Crippen LogP contribution is 2.32. The molecule has 86 valence electrons. The number of halogens is 1. The van der Waals surface area contributed by atoms with Crippen molar-refractivity contribution in [3.8, 4) is 0 Å². The zero-order chi connectivity index (χ0) is 11.4. The first-order valence-electron chi connectivity index (χ1n) is 5.58. The summed E-state index contributed by atoms with van der Waals surface area (Å²) in [5.41, 5.74) is 3.84. The van der Waals surface area contributed by atoms with Gasteiger partial charge in [0.05, 0.1) is 20.9 Å². The molecular formula is C12H15ClN2S. The molecule has 0 radical (unpaired) electrons. The molecule has 0 aliphatic carbocycles. The summed E-state index contributed by atoms with van der Waals surface area (Å²) in [6.45, 7) is 3.17. The molecule has 0 saturated carbocycles. The van der Waals surface area contributed by atoms with E-state index in [-0.39, 0.29) is 0 Å². The van der Waals surface area contributed by atoms with Crippen molar-refractivity contribution >= 4 is 38.8 Å². The third-order valence-corrected chi connectivity index (χ3v) is 3.64. The number of nitrogens with one attached hydrogen (secondary N) is 1. The molecule has 16 heavy (non-hydrogen) atoms. The van der Waals surface area contributed by atoms with E-state index in [1.165, 1.54) is 24.0 Å². The fourth-order valence-electron chi connectivity index (χ4n) is 1.66. The molecule has 0 fully saturated rings. The molecule has 0 amide bonds. The normalized spacial score (nSPS) is 10.9. The van der Waals surface area contributed by atoms with E-state index in [1.54, 1.807) is 11.3 Å². The monoisotopic (exact) mass is 254 g/mol. The molecule has 1 aromatic heterocycles. The van der Waals surface area contributed by atoms with Crippen molar-refractivity contribution < 1.29 is 0 Å². The number of fused-ring (bicyclic) bond motifs is 1. The lowest BCUT2D eigenvalue weighted by Gasteiger charge is -2.08. The fourth-order valence-corrected chi connectivity index (χ4v) is 2.57. The third-order valence-electron chi connectivity index (χ3n) is 2.53. The van der Waals surface area contributed by atoms with Gasteiger partial charge in [-0.1, -0.05) is 31.4 Å². The van der Waals surface area contributed by atoms with Crippen LogP contribution in [-0.2, 0) is 0 Å². The lowest BCUT2D eigenvalue weighted by atomic mass is 10.2. The topological polar surface area (TPSA) is 24.9 Å². The average Bonchev–Trinajstić information content (AvgIpc) is 2.75. The van der Waals surface area contributed by atoms with Gasteiger partial charge in [0.2, 0.25) is 0 Å². The molecule has 0 saturated heterocycles. The van der Waals surface area contributed by atoms with Crippen LogP contribution in [0.1, 0.15) is 26.2 Å². The van der Waals surface area contributed by atoms with Crippen molar-refractivity contribution in [3.63, 3.8) is 0 Å². The highest BCUT2D eigenvalue weighted by Gasteiger charge is 2.07. The molecule has 0 aliphatic heterocycles. The maximum absolute atomic E-state index is 6.18. The summed E-state index contributed by atoms with van der Waals surface area (Å²) in [5, 5.41) is 4.15. The Kier molecular flexibility index (Phi) is 4.02. The molecular weight excluding hydrogens is 240 g/mol. The van der Waals surface area contributed by atoms with Crippen molar-refractivity contribution in [1.82, 2.24) is 4.98 Å². The minimum Gasteiger partial charge on any atom is -0.382 e. The van der Waals surface area contributed by atoms with Crippen LogP contribution in [0.25, 0.3) is 10.2 Å². The Labute approximate surface area is 105 Å². The van der Waals surface area contributed by atoms with Gasteiger partial charge in [0.1, 0.15) is 5.52 Å². The van der Waals surface area contributed by atoms with E-state index >= 15 is 0 Å². The summed E-state index contributed by atoms with van der Waals surface area (Å²) in [7, 11) is 0. The number of rotatable bonds is 5. The van der Waals surface area contributed by atoms with Crippen molar-refractivity contribution in [1.29, 1.82) is 0 Å². The standard InChI is InChI=1S/C12H15ClN2S/c1-2-3-4-7-14-11-9(13)5-6-10-12(11)15-8-16-10/h5-6,8,14H,2-4,7H2,1H3. The number of benzene rings is 1. The van der Waals surface area contributed by atoms with Gasteiger partial charge in [-0.2, -0.15) is 0 Å². The number of aromatic nitrogens is 1. The Morgan fingerprint density at radius 3 is 3.06 bits per heavy atom. The van der Waals surface area contributed by atoms with Gasteiger partial charge in [0, 0.05) is 6.54 Å². The van der Waals surface area contributed by atoms with E-state index in [4.69, 9.17) is 11.6 Å². The predicted molar refractivity (Wildman–Crippen MR) is 72.6 cm³/mol. The first-order chi connectivity index (χ1) is 7.83. The summed E-state index contributed by atoms with van der Waals surface area (Å²) in [4.78, 5) is 4.35.